The Bertz CT molecular complexity index is 480. The highest BCUT2D eigenvalue weighted by atomic mass is 15.3. The zero-order valence-corrected chi connectivity index (χ0v) is 9.94. The van der Waals surface area contributed by atoms with Gasteiger partial charge in [-0.1, -0.05) is 29.8 Å². The van der Waals surface area contributed by atoms with Crippen molar-refractivity contribution in [2.24, 2.45) is 0 Å². The first-order chi connectivity index (χ1) is 7.58. The van der Waals surface area contributed by atoms with E-state index < -0.39 is 0 Å². The highest BCUT2D eigenvalue weighted by molar-refractivity contribution is 5.63. The van der Waals surface area contributed by atoms with E-state index in [-0.39, 0.29) is 0 Å². The maximum absolute atomic E-state index is 5.75. The molecule has 0 radical (unpaired) electrons. The molecule has 0 aliphatic carbocycles. The molecular weight excluding hydrogens is 198 g/mol. The molecule has 84 valence electrons. The van der Waals surface area contributed by atoms with E-state index in [1.54, 1.807) is 0 Å². The molecular formula is C13H17N3. The molecule has 1 heterocycles. The number of hydrogen-bond donors (Lipinski definition) is 1. The van der Waals surface area contributed by atoms with Gasteiger partial charge in [0.2, 0.25) is 0 Å². The molecule has 2 N–H and O–H groups in total. The van der Waals surface area contributed by atoms with Gasteiger partial charge in [-0.05, 0) is 26.3 Å². The Morgan fingerprint density at radius 2 is 1.81 bits per heavy atom. The molecule has 0 aliphatic heterocycles. The van der Waals surface area contributed by atoms with Crippen LogP contribution in [0.15, 0.2) is 30.3 Å². The maximum atomic E-state index is 5.75. The lowest BCUT2D eigenvalue weighted by Crippen LogP contribution is -2.05. The molecule has 0 saturated carbocycles. The van der Waals surface area contributed by atoms with E-state index in [0.29, 0.717) is 11.9 Å². The third-order valence-electron chi connectivity index (χ3n) is 2.59. The molecule has 0 amide bonds. The van der Waals surface area contributed by atoms with E-state index in [4.69, 9.17) is 5.73 Å². The zero-order valence-electron chi connectivity index (χ0n) is 9.94. The number of benzene rings is 1. The summed E-state index contributed by atoms with van der Waals surface area (Å²) < 4.78 is 1.96. The zero-order chi connectivity index (χ0) is 11.7. The third-order valence-corrected chi connectivity index (χ3v) is 2.59. The maximum Gasteiger partial charge on any atom is 0.146 e. The lowest BCUT2D eigenvalue weighted by Gasteiger charge is -2.10. The number of nitrogens with zero attached hydrogens (tertiary/aromatic N) is 2. The van der Waals surface area contributed by atoms with Gasteiger partial charge in [0.05, 0.1) is 5.69 Å². The summed E-state index contributed by atoms with van der Waals surface area (Å²) in [5.41, 5.74) is 9.24. The summed E-state index contributed by atoms with van der Waals surface area (Å²) in [7, 11) is 0. The van der Waals surface area contributed by atoms with Crippen LogP contribution in [0, 0.1) is 6.92 Å². The Labute approximate surface area is 95.9 Å². The van der Waals surface area contributed by atoms with Crippen LogP contribution in [0.4, 0.5) is 5.82 Å². The van der Waals surface area contributed by atoms with E-state index in [2.05, 4.69) is 50.1 Å². The molecule has 0 unspecified atom stereocenters. The van der Waals surface area contributed by atoms with Crippen molar-refractivity contribution in [2.75, 3.05) is 5.73 Å². The quantitative estimate of drug-likeness (QED) is 0.836. The Hall–Kier alpha value is -1.77. The monoisotopic (exact) mass is 215 g/mol. The Balaban J connectivity index is 2.50. The van der Waals surface area contributed by atoms with Gasteiger partial charge in [0.15, 0.2) is 0 Å². The number of rotatable bonds is 2. The molecule has 3 nitrogen and oxygen atoms in total. The molecule has 0 bridgehead atoms. The molecule has 1 aromatic heterocycles. The van der Waals surface area contributed by atoms with Crippen molar-refractivity contribution >= 4 is 5.82 Å². The van der Waals surface area contributed by atoms with Crippen molar-refractivity contribution in [3.63, 3.8) is 0 Å². The van der Waals surface area contributed by atoms with Crippen molar-refractivity contribution in [1.29, 1.82) is 0 Å². The molecule has 0 atom stereocenters. The fraction of sp³-hybridized carbons (Fsp3) is 0.308. The van der Waals surface area contributed by atoms with Gasteiger partial charge in [0.25, 0.3) is 0 Å². The number of nitrogens with two attached hydrogens (primary N) is 1. The van der Waals surface area contributed by atoms with Gasteiger partial charge in [-0.15, -0.1) is 0 Å². The minimum atomic E-state index is 0.314. The molecule has 1 aromatic carbocycles. The molecule has 2 rings (SSSR count). The van der Waals surface area contributed by atoms with Crippen LogP contribution in [0.25, 0.3) is 11.3 Å². The van der Waals surface area contributed by atoms with Crippen LogP contribution in [0.1, 0.15) is 25.5 Å². The fourth-order valence-corrected chi connectivity index (χ4v) is 1.75. The summed E-state index contributed by atoms with van der Waals surface area (Å²) in [6.07, 6.45) is 0. The molecule has 0 spiro atoms. The topological polar surface area (TPSA) is 43.8 Å². The second-order valence-corrected chi connectivity index (χ2v) is 4.36. The van der Waals surface area contributed by atoms with Gasteiger partial charge >= 0.3 is 0 Å². The van der Waals surface area contributed by atoms with Crippen LogP contribution in [0.5, 0.6) is 0 Å². The smallest absolute Gasteiger partial charge is 0.146 e. The van der Waals surface area contributed by atoms with Gasteiger partial charge in [-0.3, -0.25) is 4.68 Å². The van der Waals surface area contributed by atoms with Crippen molar-refractivity contribution in [3.8, 4) is 11.3 Å². The first-order valence-electron chi connectivity index (χ1n) is 5.50. The fourth-order valence-electron chi connectivity index (χ4n) is 1.75. The number of nitrogen functional groups attached to an aromatic ring is 1. The standard InChI is InChI=1S/C13H17N3/c1-9(2)16-12(8-13(14)15-16)11-6-4-10(3)5-7-11/h4-9H,1-3H3,(H2,14,15). The van der Waals surface area contributed by atoms with Crippen LogP contribution < -0.4 is 5.73 Å². The molecule has 0 fully saturated rings. The predicted octanol–water partition coefficient (Wildman–Crippen LogP) is 3.02. The predicted molar refractivity (Wildman–Crippen MR) is 67.2 cm³/mol. The van der Waals surface area contributed by atoms with Crippen molar-refractivity contribution in [3.05, 3.63) is 35.9 Å². The second kappa shape index (κ2) is 4.00. The summed E-state index contributed by atoms with van der Waals surface area (Å²) in [4.78, 5) is 0. The summed E-state index contributed by atoms with van der Waals surface area (Å²) >= 11 is 0. The first kappa shape index (κ1) is 10.7. The van der Waals surface area contributed by atoms with E-state index in [1.807, 2.05) is 10.7 Å². The number of aromatic nitrogens is 2. The second-order valence-electron chi connectivity index (χ2n) is 4.36. The average Bonchev–Trinajstić information content (AvgIpc) is 2.61. The summed E-state index contributed by atoms with van der Waals surface area (Å²) in [6, 6.07) is 10.6. The minimum absolute atomic E-state index is 0.314. The molecule has 16 heavy (non-hydrogen) atoms. The Morgan fingerprint density at radius 3 is 2.38 bits per heavy atom. The SMILES string of the molecule is Cc1ccc(-c2cc(N)nn2C(C)C)cc1. The van der Waals surface area contributed by atoms with E-state index in [1.165, 1.54) is 5.56 Å². The highest BCUT2D eigenvalue weighted by Crippen LogP contribution is 2.24. The summed E-state index contributed by atoms with van der Waals surface area (Å²) in [5, 5.41) is 4.30. The van der Waals surface area contributed by atoms with Crippen molar-refractivity contribution in [1.82, 2.24) is 9.78 Å². The van der Waals surface area contributed by atoms with E-state index in [0.717, 1.165) is 11.3 Å². The lowest BCUT2D eigenvalue weighted by molar-refractivity contribution is 0.540. The minimum Gasteiger partial charge on any atom is -0.382 e. The number of aryl methyl sites for hydroxylation is 1. The van der Waals surface area contributed by atoms with Gasteiger partial charge in [0.1, 0.15) is 5.82 Å². The van der Waals surface area contributed by atoms with Gasteiger partial charge < -0.3 is 5.73 Å². The van der Waals surface area contributed by atoms with Crippen LogP contribution in [0.3, 0.4) is 0 Å². The largest absolute Gasteiger partial charge is 0.382 e. The molecule has 2 aromatic rings. The molecule has 0 saturated heterocycles. The van der Waals surface area contributed by atoms with Crippen LogP contribution in [-0.2, 0) is 0 Å². The third kappa shape index (κ3) is 1.94. The number of hydrogen-bond acceptors (Lipinski definition) is 2. The lowest BCUT2D eigenvalue weighted by atomic mass is 10.1. The normalized spacial score (nSPS) is 11.0. The summed E-state index contributed by atoms with van der Waals surface area (Å²) in [5.74, 6) is 0.573. The van der Waals surface area contributed by atoms with Gasteiger partial charge in [-0.2, -0.15) is 5.10 Å². The number of anilines is 1. The molecule has 3 heteroatoms. The average molecular weight is 215 g/mol. The summed E-state index contributed by atoms with van der Waals surface area (Å²) in [6.45, 7) is 6.28. The van der Waals surface area contributed by atoms with Gasteiger partial charge in [0, 0.05) is 12.1 Å². The van der Waals surface area contributed by atoms with Crippen molar-refractivity contribution in [2.45, 2.75) is 26.8 Å². The van der Waals surface area contributed by atoms with Crippen LogP contribution in [0.2, 0.25) is 0 Å². The van der Waals surface area contributed by atoms with E-state index >= 15 is 0 Å². The first-order valence-corrected chi connectivity index (χ1v) is 5.50. The van der Waals surface area contributed by atoms with Crippen LogP contribution in [-0.4, -0.2) is 9.78 Å². The Kier molecular flexibility index (Phi) is 2.69. The van der Waals surface area contributed by atoms with Gasteiger partial charge in [-0.25, -0.2) is 0 Å². The molecule has 0 aliphatic rings. The highest BCUT2D eigenvalue weighted by Gasteiger charge is 2.10. The van der Waals surface area contributed by atoms with Crippen molar-refractivity contribution < 1.29 is 0 Å². The Morgan fingerprint density at radius 1 is 1.19 bits per heavy atom. The van der Waals surface area contributed by atoms with E-state index in [9.17, 15) is 0 Å². The van der Waals surface area contributed by atoms with Crippen LogP contribution >= 0.6 is 0 Å².